The molecule has 0 saturated carbocycles. The van der Waals surface area contributed by atoms with E-state index in [1.807, 2.05) is 35.6 Å². The molecule has 2 unspecified atom stereocenters. The van der Waals surface area contributed by atoms with Crippen molar-refractivity contribution >= 4 is 40.9 Å². The fourth-order valence-electron chi connectivity index (χ4n) is 4.68. The van der Waals surface area contributed by atoms with Gasteiger partial charge in [-0.15, -0.1) is 11.3 Å². The minimum atomic E-state index is -5.11. The van der Waals surface area contributed by atoms with E-state index in [0.717, 1.165) is 5.56 Å². The largest absolute Gasteiger partial charge is 0.416 e. The molecule has 0 aliphatic heterocycles. The molecule has 2 aromatic carbocycles. The van der Waals surface area contributed by atoms with Crippen molar-refractivity contribution in [1.82, 2.24) is 26.3 Å². The fourth-order valence-corrected chi connectivity index (χ4v) is 5.49. The van der Waals surface area contributed by atoms with Crippen LogP contribution in [0.1, 0.15) is 49.7 Å². The number of aromatic nitrogens is 1. The SMILES string of the molecule is CC(C)[C@H](NC(=O)c1csc(-c2ccccc2)n1)C(=O)N[C@@H](Cc1ccccc1)C(=O)N[C@@H](C)C(=O)NC(CCC(N)=O)C(O)C(F)(F)F. The number of carbonyl (C=O) groups is 5. The molecule has 1 heterocycles. The molecule has 0 saturated heterocycles. The summed E-state index contributed by atoms with van der Waals surface area (Å²) < 4.78 is 39.7. The minimum absolute atomic E-state index is 0.0357. The maximum atomic E-state index is 13.6. The highest BCUT2D eigenvalue weighted by molar-refractivity contribution is 7.13. The Morgan fingerprint density at radius 1 is 0.857 bits per heavy atom. The third-order valence-electron chi connectivity index (χ3n) is 7.41. The predicted octanol–water partition coefficient (Wildman–Crippen LogP) is 2.47. The number of thiazole rings is 1. The standard InChI is InChI=1S/C33H39F3N6O6S/c1-18(2)26(42-30(47)24-17-49-32(41-24)21-12-8-5-9-13-21)31(48)40-23(16-20-10-6-4-7-11-20)29(46)38-19(3)28(45)39-22(14-15-25(37)43)27(44)33(34,35)36/h4-13,17-19,22-23,26-27,44H,14-16H2,1-3H3,(H2,37,43)(H,38,46)(H,39,45)(H,40,48)(H,42,47)/t19-,22?,23-,26-,27?/m0/s1. The van der Waals surface area contributed by atoms with E-state index in [0.29, 0.717) is 10.6 Å². The van der Waals surface area contributed by atoms with Crippen LogP contribution in [0.25, 0.3) is 10.6 Å². The number of halogens is 3. The van der Waals surface area contributed by atoms with Crippen LogP contribution < -0.4 is 27.0 Å². The van der Waals surface area contributed by atoms with E-state index in [9.17, 15) is 42.3 Å². The highest BCUT2D eigenvalue weighted by Crippen LogP contribution is 2.25. The Morgan fingerprint density at radius 3 is 2.04 bits per heavy atom. The second-order valence-electron chi connectivity index (χ2n) is 11.7. The van der Waals surface area contributed by atoms with Crippen molar-refractivity contribution < 1.29 is 42.3 Å². The lowest BCUT2D eigenvalue weighted by Gasteiger charge is -2.28. The minimum Gasteiger partial charge on any atom is -0.382 e. The molecule has 1 aromatic heterocycles. The molecule has 5 atom stereocenters. The number of benzene rings is 2. The molecule has 0 spiro atoms. The van der Waals surface area contributed by atoms with E-state index in [-0.39, 0.29) is 12.1 Å². The number of aliphatic hydroxyl groups excluding tert-OH is 1. The average molecular weight is 705 g/mol. The zero-order valence-electron chi connectivity index (χ0n) is 27.0. The number of alkyl halides is 3. The van der Waals surface area contributed by atoms with Gasteiger partial charge < -0.3 is 32.1 Å². The number of aliphatic hydroxyl groups is 1. The van der Waals surface area contributed by atoms with E-state index in [1.54, 1.807) is 49.6 Å². The first-order valence-electron chi connectivity index (χ1n) is 15.4. The summed E-state index contributed by atoms with van der Waals surface area (Å²) >= 11 is 1.26. The summed E-state index contributed by atoms with van der Waals surface area (Å²) in [7, 11) is 0. The molecule has 0 aliphatic carbocycles. The third kappa shape index (κ3) is 11.7. The van der Waals surface area contributed by atoms with Gasteiger partial charge in [-0.3, -0.25) is 24.0 Å². The molecule has 0 aliphatic rings. The number of nitrogens with one attached hydrogen (secondary N) is 4. The van der Waals surface area contributed by atoms with Gasteiger partial charge in [0.25, 0.3) is 5.91 Å². The fraction of sp³-hybridized carbons (Fsp3) is 0.394. The van der Waals surface area contributed by atoms with Gasteiger partial charge in [-0.1, -0.05) is 74.5 Å². The molecule has 12 nitrogen and oxygen atoms in total. The first kappa shape index (κ1) is 38.6. The zero-order chi connectivity index (χ0) is 36.3. The summed E-state index contributed by atoms with van der Waals surface area (Å²) in [6, 6.07) is 12.1. The van der Waals surface area contributed by atoms with E-state index in [2.05, 4.69) is 20.9 Å². The Labute approximate surface area is 285 Å². The summed E-state index contributed by atoms with van der Waals surface area (Å²) in [6.07, 6.45) is -9.30. The highest BCUT2D eigenvalue weighted by Gasteiger charge is 2.44. The van der Waals surface area contributed by atoms with Gasteiger partial charge in [0, 0.05) is 23.8 Å². The van der Waals surface area contributed by atoms with Gasteiger partial charge in [-0.25, -0.2) is 4.98 Å². The zero-order valence-corrected chi connectivity index (χ0v) is 27.8. The maximum absolute atomic E-state index is 13.6. The second-order valence-corrected chi connectivity index (χ2v) is 12.5. The van der Waals surface area contributed by atoms with Crippen LogP contribution in [0.5, 0.6) is 0 Å². The number of hydrogen-bond acceptors (Lipinski definition) is 8. The summed E-state index contributed by atoms with van der Waals surface area (Å²) in [6.45, 7) is 4.60. The average Bonchev–Trinajstić information content (AvgIpc) is 3.55. The normalized spacial score (nSPS) is 14.5. The van der Waals surface area contributed by atoms with E-state index in [1.165, 1.54) is 18.3 Å². The molecule has 7 N–H and O–H groups in total. The molecule has 5 amide bonds. The lowest BCUT2D eigenvalue weighted by atomic mass is 10.0. The van der Waals surface area contributed by atoms with Crippen molar-refractivity contribution in [3.8, 4) is 10.6 Å². The summed E-state index contributed by atoms with van der Waals surface area (Å²) in [5.41, 5.74) is 6.59. The van der Waals surface area contributed by atoms with Gasteiger partial charge >= 0.3 is 6.18 Å². The van der Waals surface area contributed by atoms with Gasteiger partial charge in [0.2, 0.25) is 23.6 Å². The Hall–Kier alpha value is -4.83. The Morgan fingerprint density at radius 2 is 1.47 bits per heavy atom. The first-order chi connectivity index (χ1) is 23.1. The number of primary amides is 1. The van der Waals surface area contributed by atoms with Gasteiger partial charge in [-0.2, -0.15) is 13.2 Å². The Balaban J connectivity index is 1.74. The second kappa shape index (κ2) is 17.5. The van der Waals surface area contributed by atoms with E-state index < -0.39 is 84.7 Å². The molecule has 3 rings (SSSR count). The number of nitrogens with zero attached hydrogens (tertiary/aromatic N) is 1. The number of carbonyl (C=O) groups excluding carboxylic acids is 5. The molecule has 49 heavy (non-hydrogen) atoms. The Bertz CT molecular complexity index is 1590. The lowest BCUT2D eigenvalue weighted by Crippen LogP contribution is -2.59. The van der Waals surface area contributed by atoms with Crippen molar-refractivity contribution in [2.24, 2.45) is 11.7 Å². The van der Waals surface area contributed by atoms with Gasteiger partial charge in [0.1, 0.15) is 28.8 Å². The quantitative estimate of drug-likeness (QED) is 0.132. The summed E-state index contributed by atoms with van der Waals surface area (Å²) in [5.74, 6) is -4.59. The number of hydrogen-bond donors (Lipinski definition) is 6. The monoisotopic (exact) mass is 704 g/mol. The van der Waals surface area contributed by atoms with Gasteiger partial charge in [0.15, 0.2) is 6.10 Å². The molecule has 264 valence electrons. The lowest BCUT2D eigenvalue weighted by molar-refractivity contribution is -0.212. The highest BCUT2D eigenvalue weighted by atomic mass is 32.1. The van der Waals surface area contributed by atoms with Crippen molar-refractivity contribution in [1.29, 1.82) is 0 Å². The number of nitrogens with two attached hydrogens (primary N) is 1. The number of rotatable bonds is 16. The van der Waals surface area contributed by atoms with Crippen LogP contribution in [-0.2, 0) is 25.6 Å². The van der Waals surface area contributed by atoms with Crippen molar-refractivity contribution in [2.75, 3.05) is 0 Å². The topological polar surface area (TPSA) is 193 Å². The van der Waals surface area contributed by atoms with Crippen LogP contribution in [0, 0.1) is 5.92 Å². The van der Waals surface area contributed by atoms with Crippen LogP contribution in [0.4, 0.5) is 13.2 Å². The van der Waals surface area contributed by atoms with Crippen molar-refractivity contribution in [2.45, 2.75) is 76.5 Å². The van der Waals surface area contributed by atoms with Crippen LogP contribution in [-0.4, -0.2) is 76.1 Å². The van der Waals surface area contributed by atoms with Crippen LogP contribution in [0.15, 0.2) is 66.0 Å². The maximum Gasteiger partial charge on any atom is 0.416 e. The van der Waals surface area contributed by atoms with Gasteiger partial charge in [-0.05, 0) is 24.8 Å². The smallest absolute Gasteiger partial charge is 0.382 e. The molecule has 3 aromatic rings. The molecule has 0 fully saturated rings. The molecular weight excluding hydrogens is 665 g/mol. The molecule has 0 radical (unpaired) electrons. The Kier molecular flexibility index (Phi) is 13.8. The molecular formula is C33H39F3N6O6S. The van der Waals surface area contributed by atoms with E-state index in [4.69, 9.17) is 5.73 Å². The number of amides is 5. The van der Waals surface area contributed by atoms with E-state index >= 15 is 0 Å². The van der Waals surface area contributed by atoms with Crippen molar-refractivity contribution in [3.05, 3.63) is 77.3 Å². The van der Waals surface area contributed by atoms with Crippen LogP contribution in [0.3, 0.4) is 0 Å². The van der Waals surface area contributed by atoms with Crippen LogP contribution >= 0.6 is 11.3 Å². The summed E-state index contributed by atoms with van der Waals surface area (Å²) in [5, 5.41) is 21.7. The predicted molar refractivity (Wildman–Crippen MR) is 176 cm³/mol. The summed E-state index contributed by atoms with van der Waals surface area (Å²) in [4.78, 5) is 68.6. The van der Waals surface area contributed by atoms with Gasteiger partial charge in [0.05, 0.1) is 6.04 Å². The molecule has 0 bridgehead atoms. The first-order valence-corrected chi connectivity index (χ1v) is 16.2. The van der Waals surface area contributed by atoms with Crippen LogP contribution in [0.2, 0.25) is 0 Å². The van der Waals surface area contributed by atoms with Crippen molar-refractivity contribution in [3.63, 3.8) is 0 Å². The third-order valence-corrected chi connectivity index (χ3v) is 8.30. The molecule has 16 heteroatoms.